The average Bonchev–Trinajstić information content (AvgIpc) is 2.84. The van der Waals surface area contributed by atoms with Gasteiger partial charge in [-0.25, -0.2) is 0 Å². The monoisotopic (exact) mass is 402 g/mol. The van der Waals surface area contributed by atoms with Crippen molar-refractivity contribution in [2.45, 2.75) is 0 Å². The number of rotatable bonds is 7. The molecule has 0 aromatic heterocycles. The highest BCUT2D eigenvalue weighted by Gasteiger charge is 2.02. The summed E-state index contributed by atoms with van der Waals surface area (Å²) in [5.74, 6) is 0. The second-order valence-corrected chi connectivity index (χ2v) is 7.32. The van der Waals surface area contributed by atoms with E-state index >= 15 is 0 Å². The number of benzene rings is 4. The second-order valence-electron chi connectivity index (χ2n) is 7.32. The number of para-hydroxylation sites is 2. The molecule has 0 unspecified atom stereocenters. The molecule has 0 heterocycles. The first-order chi connectivity index (χ1) is 15.3. The van der Waals surface area contributed by atoms with Gasteiger partial charge >= 0.3 is 0 Å². The predicted molar refractivity (Wildman–Crippen MR) is 135 cm³/mol. The van der Waals surface area contributed by atoms with Gasteiger partial charge in [-0.15, -0.1) is 0 Å². The van der Waals surface area contributed by atoms with Gasteiger partial charge in [-0.05, 0) is 59.7 Å². The molecule has 0 aliphatic rings. The zero-order valence-corrected chi connectivity index (χ0v) is 17.6. The Morgan fingerprint density at radius 1 is 0.516 bits per heavy atom. The molecule has 0 radical (unpaired) electrons. The first-order valence-corrected chi connectivity index (χ1v) is 10.4. The van der Waals surface area contributed by atoms with Crippen LogP contribution in [0, 0.1) is 0 Å². The second kappa shape index (κ2) is 10.1. The highest BCUT2D eigenvalue weighted by atomic mass is 15.1. The molecule has 0 aliphatic carbocycles. The van der Waals surface area contributed by atoms with Crippen molar-refractivity contribution < 1.29 is 0 Å². The van der Waals surface area contributed by atoms with E-state index in [9.17, 15) is 0 Å². The van der Waals surface area contributed by atoms with Gasteiger partial charge in [0.1, 0.15) is 0 Å². The molecule has 2 heteroatoms. The minimum atomic E-state index is 1.08. The summed E-state index contributed by atoms with van der Waals surface area (Å²) in [7, 11) is 2.09. The Morgan fingerprint density at radius 3 is 1.55 bits per heavy atom. The predicted octanol–water partition coefficient (Wildman–Crippen LogP) is 7.92. The van der Waals surface area contributed by atoms with E-state index in [1.54, 1.807) is 0 Å². The van der Waals surface area contributed by atoms with Gasteiger partial charge in [-0.2, -0.15) is 0 Å². The average molecular weight is 403 g/mol. The van der Waals surface area contributed by atoms with Crippen molar-refractivity contribution in [3.63, 3.8) is 0 Å². The Balaban J connectivity index is 1.33. The van der Waals surface area contributed by atoms with Crippen molar-refractivity contribution in [1.29, 1.82) is 0 Å². The first kappa shape index (κ1) is 20.2. The van der Waals surface area contributed by atoms with Crippen LogP contribution in [0.3, 0.4) is 0 Å². The Hall–Kier alpha value is -4.04. The van der Waals surface area contributed by atoms with Gasteiger partial charge in [0.05, 0.1) is 0 Å². The summed E-state index contributed by atoms with van der Waals surface area (Å²) < 4.78 is 0. The lowest BCUT2D eigenvalue weighted by Gasteiger charge is -2.19. The molecular weight excluding hydrogens is 376 g/mol. The molecular formula is C29H26N2. The molecule has 1 N–H and O–H groups in total. The number of anilines is 4. The lowest BCUT2D eigenvalue weighted by atomic mass is 10.1. The number of allylic oxidation sites excluding steroid dienone is 2. The van der Waals surface area contributed by atoms with Crippen LogP contribution in [0.2, 0.25) is 0 Å². The fraction of sp³-hybridized carbons (Fsp3) is 0.0345. The van der Waals surface area contributed by atoms with Gasteiger partial charge in [-0.3, -0.25) is 0 Å². The van der Waals surface area contributed by atoms with Crippen molar-refractivity contribution in [1.82, 2.24) is 0 Å². The molecule has 4 rings (SSSR count). The number of hydrogen-bond donors (Lipinski definition) is 1. The van der Waals surface area contributed by atoms with Crippen molar-refractivity contribution in [2.24, 2.45) is 0 Å². The Labute approximate surface area is 184 Å². The van der Waals surface area contributed by atoms with Gasteiger partial charge in [0.15, 0.2) is 0 Å². The molecule has 0 spiro atoms. The van der Waals surface area contributed by atoms with Crippen LogP contribution in [0.15, 0.2) is 121 Å². The molecule has 4 aromatic carbocycles. The normalized spacial score (nSPS) is 11.1. The fourth-order valence-corrected chi connectivity index (χ4v) is 3.31. The van der Waals surface area contributed by atoms with Crippen molar-refractivity contribution in [2.75, 3.05) is 17.3 Å². The molecule has 2 nitrogen and oxygen atoms in total. The zero-order valence-electron chi connectivity index (χ0n) is 17.6. The van der Waals surface area contributed by atoms with Crippen LogP contribution >= 0.6 is 0 Å². The summed E-state index contributed by atoms with van der Waals surface area (Å²) in [6.07, 6.45) is 8.38. The van der Waals surface area contributed by atoms with Crippen LogP contribution in [0.5, 0.6) is 0 Å². The highest BCUT2D eigenvalue weighted by molar-refractivity contribution is 5.66. The molecule has 0 saturated carbocycles. The van der Waals surface area contributed by atoms with E-state index in [1.807, 2.05) is 24.3 Å². The summed E-state index contributed by atoms with van der Waals surface area (Å²) in [6, 6.07) is 37.6. The van der Waals surface area contributed by atoms with E-state index in [1.165, 1.54) is 22.5 Å². The van der Waals surface area contributed by atoms with E-state index in [4.69, 9.17) is 0 Å². The van der Waals surface area contributed by atoms with Gasteiger partial charge < -0.3 is 10.2 Å². The topological polar surface area (TPSA) is 15.3 Å². The van der Waals surface area contributed by atoms with E-state index in [2.05, 4.69) is 126 Å². The summed E-state index contributed by atoms with van der Waals surface area (Å²) in [5, 5.41) is 3.40. The molecule has 0 bridgehead atoms. The number of nitrogens with one attached hydrogen (secondary N) is 1. The standard InChI is InChI=1S/C29H26N2/c1-31(28-14-6-3-7-15-28)29-22-18-25(19-23-29)11-9-8-10-24-16-20-27(21-17-24)30-26-12-4-2-5-13-26/h2-23,30H,1H3/b10-8+,11-9+. The largest absolute Gasteiger partial charge is 0.356 e. The Bertz CT molecular complexity index is 1130. The molecule has 0 saturated heterocycles. The fourth-order valence-electron chi connectivity index (χ4n) is 3.31. The van der Waals surface area contributed by atoms with E-state index in [0.717, 1.165) is 11.4 Å². The first-order valence-electron chi connectivity index (χ1n) is 10.4. The maximum atomic E-state index is 3.40. The van der Waals surface area contributed by atoms with E-state index < -0.39 is 0 Å². The van der Waals surface area contributed by atoms with Crippen LogP contribution < -0.4 is 10.2 Å². The lowest BCUT2D eigenvalue weighted by Crippen LogP contribution is -2.08. The van der Waals surface area contributed by atoms with Gasteiger partial charge in [0, 0.05) is 29.8 Å². The smallest absolute Gasteiger partial charge is 0.0408 e. The molecule has 0 atom stereocenters. The van der Waals surface area contributed by atoms with Crippen LogP contribution in [0.4, 0.5) is 22.7 Å². The number of nitrogens with zero attached hydrogens (tertiary/aromatic N) is 1. The minimum absolute atomic E-state index is 1.08. The third kappa shape index (κ3) is 5.74. The van der Waals surface area contributed by atoms with Crippen LogP contribution in [0.1, 0.15) is 11.1 Å². The molecule has 0 aliphatic heterocycles. The summed E-state index contributed by atoms with van der Waals surface area (Å²) in [6.45, 7) is 0. The van der Waals surface area contributed by atoms with Crippen LogP contribution in [-0.4, -0.2) is 7.05 Å². The molecule has 31 heavy (non-hydrogen) atoms. The molecule has 4 aromatic rings. The van der Waals surface area contributed by atoms with Crippen LogP contribution in [0.25, 0.3) is 12.2 Å². The molecule has 152 valence electrons. The molecule has 0 amide bonds. The Morgan fingerprint density at radius 2 is 0.968 bits per heavy atom. The summed E-state index contributed by atoms with van der Waals surface area (Å²) in [5.41, 5.74) is 6.87. The van der Waals surface area contributed by atoms with Crippen molar-refractivity contribution in [3.05, 3.63) is 132 Å². The van der Waals surface area contributed by atoms with E-state index in [-0.39, 0.29) is 0 Å². The maximum Gasteiger partial charge on any atom is 0.0408 e. The lowest BCUT2D eigenvalue weighted by molar-refractivity contribution is 1.21. The summed E-state index contributed by atoms with van der Waals surface area (Å²) in [4.78, 5) is 2.18. The zero-order chi connectivity index (χ0) is 21.3. The maximum absolute atomic E-state index is 3.40. The Kier molecular flexibility index (Phi) is 6.61. The van der Waals surface area contributed by atoms with Crippen molar-refractivity contribution >= 4 is 34.9 Å². The SMILES string of the molecule is CN(c1ccccc1)c1ccc(/C=C/C=C/c2ccc(Nc3ccccc3)cc2)cc1. The van der Waals surface area contributed by atoms with Gasteiger partial charge in [0.2, 0.25) is 0 Å². The highest BCUT2D eigenvalue weighted by Crippen LogP contribution is 2.23. The van der Waals surface area contributed by atoms with Gasteiger partial charge in [0.25, 0.3) is 0 Å². The third-order valence-corrected chi connectivity index (χ3v) is 5.09. The summed E-state index contributed by atoms with van der Waals surface area (Å²) >= 11 is 0. The number of hydrogen-bond acceptors (Lipinski definition) is 2. The molecule has 0 fully saturated rings. The quantitative estimate of drug-likeness (QED) is 0.316. The van der Waals surface area contributed by atoms with Crippen LogP contribution in [-0.2, 0) is 0 Å². The third-order valence-electron chi connectivity index (χ3n) is 5.09. The van der Waals surface area contributed by atoms with Gasteiger partial charge in [-0.1, -0.05) is 85.0 Å². The van der Waals surface area contributed by atoms with Crippen molar-refractivity contribution in [3.8, 4) is 0 Å². The minimum Gasteiger partial charge on any atom is -0.356 e. The van der Waals surface area contributed by atoms with E-state index in [0.29, 0.717) is 0 Å².